The molecule has 138 valence electrons. The summed E-state index contributed by atoms with van der Waals surface area (Å²) in [4.78, 5) is 27.4. The molecule has 0 saturated heterocycles. The molecule has 1 atom stereocenters. The lowest BCUT2D eigenvalue weighted by atomic mass is 10.0. The number of hydrogen-bond donors (Lipinski definition) is 2. The largest absolute Gasteiger partial charge is 0.479 e. The Hall–Kier alpha value is -2.90. The van der Waals surface area contributed by atoms with E-state index in [9.17, 15) is 27.9 Å². The lowest BCUT2D eigenvalue weighted by Crippen LogP contribution is -2.34. The maximum atomic E-state index is 12.7. The SMILES string of the molecule is Cc1cc(C)cc(C(NC(=O)c2ccc(C(F)(F)F)nc2C)C(=O)O)c1. The molecule has 2 N–H and O–H groups in total. The predicted octanol–water partition coefficient (Wildman–Crippen LogP) is 3.58. The number of benzene rings is 1. The first-order valence-electron chi connectivity index (χ1n) is 7.65. The number of nitrogens with one attached hydrogen (secondary N) is 1. The van der Waals surface area contributed by atoms with E-state index in [0.717, 1.165) is 17.2 Å². The Morgan fingerprint density at radius 1 is 1.08 bits per heavy atom. The van der Waals surface area contributed by atoms with Gasteiger partial charge in [-0.1, -0.05) is 29.3 Å². The van der Waals surface area contributed by atoms with Gasteiger partial charge in [0.05, 0.1) is 11.3 Å². The van der Waals surface area contributed by atoms with E-state index in [2.05, 4.69) is 10.3 Å². The zero-order chi connectivity index (χ0) is 19.6. The number of aromatic nitrogens is 1. The Kier molecular flexibility index (Phi) is 5.34. The Balaban J connectivity index is 2.32. The maximum absolute atomic E-state index is 12.7. The van der Waals surface area contributed by atoms with Crippen LogP contribution in [0.15, 0.2) is 30.3 Å². The number of carbonyl (C=O) groups is 2. The highest BCUT2D eigenvalue weighted by molar-refractivity contribution is 5.97. The molecule has 5 nitrogen and oxygen atoms in total. The quantitative estimate of drug-likeness (QED) is 0.867. The highest BCUT2D eigenvalue weighted by Crippen LogP contribution is 2.28. The van der Waals surface area contributed by atoms with Crippen molar-refractivity contribution >= 4 is 11.9 Å². The first-order valence-corrected chi connectivity index (χ1v) is 7.65. The second-order valence-corrected chi connectivity index (χ2v) is 5.99. The van der Waals surface area contributed by atoms with Gasteiger partial charge in [-0.25, -0.2) is 9.78 Å². The van der Waals surface area contributed by atoms with Gasteiger partial charge in [-0.2, -0.15) is 13.2 Å². The van der Waals surface area contributed by atoms with Crippen molar-refractivity contribution in [1.82, 2.24) is 10.3 Å². The Morgan fingerprint density at radius 2 is 1.65 bits per heavy atom. The lowest BCUT2D eigenvalue weighted by Gasteiger charge is -2.17. The first-order chi connectivity index (χ1) is 12.0. The van der Waals surface area contributed by atoms with Crippen molar-refractivity contribution < 1.29 is 27.9 Å². The molecule has 0 aliphatic rings. The van der Waals surface area contributed by atoms with Crippen molar-refractivity contribution in [2.75, 3.05) is 0 Å². The van der Waals surface area contributed by atoms with Crippen LogP contribution in [0.1, 0.15) is 44.5 Å². The number of carboxylic acid groups (broad SMARTS) is 1. The van der Waals surface area contributed by atoms with Gasteiger partial charge in [-0.05, 0) is 38.5 Å². The van der Waals surface area contributed by atoms with E-state index in [1.54, 1.807) is 26.0 Å². The van der Waals surface area contributed by atoms with Gasteiger partial charge >= 0.3 is 12.1 Å². The van der Waals surface area contributed by atoms with Gasteiger partial charge in [-0.15, -0.1) is 0 Å². The zero-order valence-corrected chi connectivity index (χ0v) is 14.3. The second-order valence-electron chi connectivity index (χ2n) is 5.99. The van der Waals surface area contributed by atoms with Crippen LogP contribution in [0.4, 0.5) is 13.2 Å². The van der Waals surface area contributed by atoms with Crippen LogP contribution in [-0.4, -0.2) is 22.0 Å². The standard InChI is InChI=1S/C18H17F3N2O3/c1-9-6-10(2)8-12(7-9)15(17(25)26)23-16(24)13-4-5-14(18(19,20)21)22-11(13)3/h4-8,15H,1-3H3,(H,23,24)(H,25,26). The van der Waals surface area contributed by atoms with E-state index < -0.39 is 29.8 Å². The summed E-state index contributed by atoms with van der Waals surface area (Å²) in [6.45, 7) is 4.85. The number of nitrogens with zero attached hydrogens (tertiary/aromatic N) is 1. The molecule has 0 spiro atoms. The maximum Gasteiger partial charge on any atom is 0.433 e. The summed E-state index contributed by atoms with van der Waals surface area (Å²) in [6.07, 6.45) is -4.62. The van der Waals surface area contributed by atoms with Gasteiger partial charge in [0.1, 0.15) is 5.69 Å². The molecule has 0 aliphatic carbocycles. The third-order valence-electron chi connectivity index (χ3n) is 3.72. The minimum atomic E-state index is -4.62. The molecule has 1 aromatic heterocycles. The highest BCUT2D eigenvalue weighted by atomic mass is 19.4. The Morgan fingerprint density at radius 3 is 2.12 bits per heavy atom. The lowest BCUT2D eigenvalue weighted by molar-refractivity contribution is -0.141. The summed E-state index contributed by atoms with van der Waals surface area (Å²) in [5, 5.41) is 11.8. The van der Waals surface area contributed by atoms with E-state index in [1.165, 1.54) is 6.92 Å². The molecule has 2 rings (SSSR count). The predicted molar refractivity (Wildman–Crippen MR) is 87.7 cm³/mol. The van der Waals surface area contributed by atoms with Gasteiger partial charge in [0.25, 0.3) is 5.91 Å². The van der Waals surface area contributed by atoms with Gasteiger partial charge < -0.3 is 10.4 Å². The van der Waals surface area contributed by atoms with Gasteiger partial charge in [0.2, 0.25) is 0 Å². The van der Waals surface area contributed by atoms with Crippen LogP contribution in [-0.2, 0) is 11.0 Å². The number of carboxylic acids is 1. The summed E-state index contributed by atoms with van der Waals surface area (Å²) in [6, 6.07) is 5.46. The number of rotatable bonds is 4. The van der Waals surface area contributed by atoms with E-state index >= 15 is 0 Å². The van der Waals surface area contributed by atoms with Crippen LogP contribution in [0, 0.1) is 20.8 Å². The number of alkyl halides is 3. The fourth-order valence-corrected chi connectivity index (χ4v) is 2.63. The summed E-state index contributed by atoms with van der Waals surface area (Å²) in [7, 11) is 0. The zero-order valence-electron chi connectivity index (χ0n) is 14.3. The number of hydrogen-bond acceptors (Lipinski definition) is 3. The molecule has 0 saturated carbocycles. The van der Waals surface area contributed by atoms with Crippen molar-refractivity contribution in [2.24, 2.45) is 0 Å². The Bertz CT molecular complexity index is 843. The molecule has 26 heavy (non-hydrogen) atoms. The van der Waals surface area contributed by atoms with Crippen LogP contribution in [0.3, 0.4) is 0 Å². The molecule has 0 aliphatic heterocycles. The average molecular weight is 366 g/mol. The monoisotopic (exact) mass is 366 g/mol. The minimum absolute atomic E-state index is 0.117. The van der Waals surface area contributed by atoms with Crippen molar-refractivity contribution in [1.29, 1.82) is 0 Å². The van der Waals surface area contributed by atoms with Gasteiger partial charge in [0.15, 0.2) is 6.04 Å². The van der Waals surface area contributed by atoms with Crippen LogP contribution >= 0.6 is 0 Å². The third kappa shape index (κ3) is 4.38. The second kappa shape index (κ2) is 7.15. The molecular formula is C18H17F3N2O3. The van der Waals surface area contributed by atoms with Crippen LogP contribution in [0.5, 0.6) is 0 Å². The fourth-order valence-electron chi connectivity index (χ4n) is 2.63. The van der Waals surface area contributed by atoms with Gasteiger partial charge in [-0.3, -0.25) is 4.79 Å². The third-order valence-corrected chi connectivity index (χ3v) is 3.72. The Labute approximate surface area is 147 Å². The van der Waals surface area contributed by atoms with E-state index in [4.69, 9.17) is 0 Å². The molecular weight excluding hydrogens is 349 g/mol. The number of aryl methyl sites for hydroxylation is 3. The number of halogens is 3. The van der Waals surface area contributed by atoms with Crippen LogP contribution in [0.2, 0.25) is 0 Å². The first kappa shape index (κ1) is 19.4. The number of carbonyl (C=O) groups excluding carboxylic acids is 1. The van der Waals surface area contributed by atoms with Crippen LogP contribution < -0.4 is 5.32 Å². The molecule has 1 amide bonds. The summed E-state index contributed by atoms with van der Waals surface area (Å²) in [5.41, 5.74) is 0.660. The molecule has 2 aromatic rings. The highest BCUT2D eigenvalue weighted by Gasteiger charge is 2.33. The molecule has 1 unspecified atom stereocenters. The van der Waals surface area contributed by atoms with Crippen molar-refractivity contribution in [3.05, 3.63) is 64.0 Å². The van der Waals surface area contributed by atoms with E-state index in [1.807, 2.05) is 6.07 Å². The normalized spacial score (nSPS) is 12.5. The molecule has 0 radical (unpaired) electrons. The summed E-state index contributed by atoms with van der Waals surface area (Å²) < 4.78 is 38.0. The molecule has 1 aromatic carbocycles. The number of aliphatic carboxylic acids is 1. The van der Waals surface area contributed by atoms with E-state index in [-0.39, 0.29) is 11.3 Å². The summed E-state index contributed by atoms with van der Waals surface area (Å²) >= 11 is 0. The van der Waals surface area contributed by atoms with E-state index in [0.29, 0.717) is 11.6 Å². The number of pyridine rings is 1. The summed E-state index contributed by atoms with van der Waals surface area (Å²) in [5.74, 6) is -2.09. The molecule has 0 fully saturated rings. The topological polar surface area (TPSA) is 79.3 Å². The van der Waals surface area contributed by atoms with Crippen molar-refractivity contribution in [3.63, 3.8) is 0 Å². The smallest absolute Gasteiger partial charge is 0.433 e. The van der Waals surface area contributed by atoms with Crippen molar-refractivity contribution in [2.45, 2.75) is 33.0 Å². The number of amides is 1. The van der Waals surface area contributed by atoms with Gasteiger partial charge in [0, 0.05) is 0 Å². The van der Waals surface area contributed by atoms with Crippen LogP contribution in [0.25, 0.3) is 0 Å². The molecule has 8 heteroatoms. The van der Waals surface area contributed by atoms with Crippen molar-refractivity contribution in [3.8, 4) is 0 Å². The minimum Gasteiger partial charge on any atom is -0.479 e. The molecule has 0 bridgehead atoms. The average Bonchev–Trinajstić information content (AvgIpc) is 2.50. The molecule has 1 heterocycles. The fraction of sp³-hybridized carbons (Fsp3) is 0.278.